The summed E-state index contributed by atoms with van der Waals surface area (Å²) in [6.45, 7) is 4.79. The Bertz CT molecular complexity index is 940. The van der Waals surface area contributed by atoms with Gasteiger partial charge in [0.2, 0.25) is 5.91 Å². The molecule has 0 N–H and O–H groups in total. The SMILES string of the molecule is Cc1cccc(C(=O)N2CC[C@H](Oc3ccc(Cl)cc3)[C@@H](CC(=O)N3CCCCC3)C2)c1. The van der Waals surface area contributed by atoms with E-state index in [2.05, 4.69) is 0 Å². The van der Waals surface area contributed by atoms with Gasteiger partial charge in [-0.3, -0.25) is 9.59 Å². The van der Waals surface area contributed by atoms with Crippen LogP contribution in [0.15, 0.2) is 48.5 Å². The number of likely N-dealkylation sites (tertiary alicyclic amines) is 2. The molecular weight excluding hydrogens is 424 g/mol. The fourth-order valence-electron chi connectivity index (χ4n) is 4.69. The third-order valence-corrected chi connectivity index (χ3v) is 6.72. The van der Waals surface area contributed by atoms with Crippen molar-refractivity contribution in [3.63, 3.8) is 0 Å². The van der Waals surface area contributed by atoms with E-state index in [1.165, 1.54) is 6.42 Å². The van der Waals surface area contributed by atoms with Gasteiger partial charge in [0.05, 0.1) is 0 Å². The highest BCUT2D eigenvalue weighted by Gasteiger charge is 2.35. The fourth-order valence-corrected chi connectivity index (χ4v) is 4.82. The van der Waals surface area contributed by atoms with Gasteiger partial charge < -0.3 is 14.5 Å². The van der Waals surface area contributed by atoms with Crippen LogP contribution >= 0.6 is 11.6 Å². The van der Waals surface area contributed by atoms with Gasteiger partial charge in [0, 0.05) is 55.5 Å². The summed E-state index contributed by atoms with van der Waals surface area (Å²) in [6, 6.07) is 15.0. The first kappa shape index (κ1) is 22.7. The molecule has 0 unspecified atom stereocenters. The fraction of sp³-hybridized carbons (Fsp3) is 0.462. The molecule has 0 aromatic heterocycles. The third-order valence-electron chi connectivity index (χ3n) is 6.46. The maximum absolute atomic E-state index is 13.2. The van der Waals surface area contributed by atoms with E-state index in [0.29, 0.717) is 36.5 Å². The average Bonchev–Trinajstić information content (AvgIpc) is 2.81. The van der Waals surface area contributed by atoms with Gasteiger partial charge in [0.1, 0.15) is 11.9 Å². The number of carbonyl (C=O) groups is 2. The van der Waals surface area contributed by atoms with E-state index in [1.54, 1.807) is 12.1 Å². The molecule has 2 fully saturated rings. The second-order valence-corrected chi connectivity index (χ2v) is 9.36. The summed E-state index contributed by atoms with van der Waals surface area (Å²) in [5.74, 6) is 0.884. The number of aryl methyl sites for hydroxylation is 1. The summed E-state index contributed by atoms with van der Waals surface area (Å²) in [4.78, 5) is 30.1. The first-order valence-corrected chi connectivity index (χ1v) is 11.9. The van der Waals surface area contributed by atoms with E-state index in [0.717, 1.165) is 37.2 Å². The predicted molar refractivity (Wildman–Crippen MR) is 126 cm³/mol. The average molecular weight is 455 g/mol. The van der Waals surface area contributed by atoms with Crippen LogP contribution in [-0.2, 0) is 4.79 Å². The lowest BCUT2D eigenvalue weighted by molar-refractivity contribution is -0.134. The monoisotopic (exact) mass is 454 g/mol. The minimum Gasteiger partial charge on any atom is -0.490 e. The molecule has 170 valence electrons. The molecule has 2 amide bonds. The molecule has 4 rings (SSSR count). The second kappa shape index (κ2) is 10.4. The molecular formula is C26H31ClN2O3. The van der Waals surface area contributed by atoms with Crippen molar-refractivity contribution in [2.24, 2.45) is 5.92 Å². The van der Waals surface area contributed by atoms with Crippen molar-refractivity contribution in [3.05, 3.63) is 64.7 Å². The van der Waals surface area contributed by atoms with E-state index in [1.807, 2.05) is 53.1 Å². The number of amides is 2. The van der Waals surface area contributed by atoms with Gasteiger partial charge in [0.15, 0.2) is 0 Å². The Morgan fingerprint density at radius 3 is 2.47 bits per heavy atom. The number of halogens is 1. The molecule has 2 aliphatic heterocycles. The van der Waals surface area contributed by atoms with Crippen LogP contribution in [0, 0.1) is 12.8 Å². The van der Waals surface area contributed by atoms with Crippen molar-refractivity contribution in [1.29, 1.82) is 0 Å². The molecule has 2 saturated heterocycles. The van der Waals surface area contributed by atoms with Crippen molar-refractivity contribution < 1.29 is 14.3 Å². The summed E-state index contributed by atoms with van der Waals surface area (Å²) in [6.07, 6.45) is 4.30. The Morgan fingerprint density at radius 1 is 1.00 bits per heavy atom. The van der Waals surface area contributed by atoms with Crippen molar-refractivity contribution >= 4 is 23.4 Å². The lowest BCUT2D eigenvalue weighted by atomic mass is 9.90. The number of nitrogens with zero attached hydrogens (tertiary/aromatic N) is 2. The molecule has 2 atom stereocenters. The molecule has 2 aromatic carbocycles. The lowest BCUT2D eigenvalue weighted by Gasteiger charge is -2.39. The number of hydrogen-bond acceptors (Lipinski definition) is 3. The molecule has 2 heterocycles. The zero-order valence-corrected chi connectivity index (χ0v) is 19.4. The molecule has 0 bridgehead atoms. The van der Waals surface area contributed by atoms with Gasteiger partial charge in [-0.25, -0.2) is 0 Å². The molecule has 6 heteroatoms. The molecule has 0 aliphatic carbocycles. The number of ether oxygens (including phenoxy) is 1. The van der Waals surface area contributed by atoms with E-state index >= 15 is 0 Å². The maximum Gasteiger partial charge on any atom is 0.253 e. The lowest BCUT2D eigenvalue weighted by Crippen LogP contribution is -2.50. The first-order valence-electron chi connectivity index (χ1n) is 11.6. The largest absolute Gasteiger partial charge is 0.490 e. The highest BCUT2D eigenvalue weighted by atomic mass is 35.5. The molecule has 0 spiro atoms. The third kappa shape index (κ3) is 5.63. The van der Waals surface area contributed by atoms with Crippen molar-refractivity contribution in [3.8, 4) is 5.75 Å². The number of piperidine rings is 2. The molecule has 5 nitrogen and oxygen atoms in total. The van der Waals surface area contributed by atoms with Crippen molar-refractivity contribution in [2.45, 2.75) is 45.1 Å². The van der Waals surface area contributed by atoms with Gasteiger partial charge >= 0.3 is 0 Å². The maximum atomic E-state index is 13.2. The van der Waals surface area contributed by atoms with Crippen LogP contribution in [0.4, 0.5) is 0 Å². The minimum atomic E-state index is -0.119. The van der Waals surface area contributed by atoms with Crippen LogP contribution in [0.1, 0.15) is 48.0 Å². The Kier molecular flexibility index (Phi) is 7.36. The smallest absolute Gasteiger partial charge is 0.253 e. The number of benzene rings is 2. The van der Waals surface area contributed by atoms with Gasteiger partial charge in [-0.1, -0.05) is 29.3 Å². The zero-order chi connectivity index (χ0) is 22.5. The standard InChI is InChI=1S/C26H31ClN2O3/c1-19-6-5-7-20(16-19)26(31)29-15-12-24(32-23-10-8-22(27)9-11-23)21(18-29)17-25(30)28-13-3-2-4-14-28/h5-11,16,21,24H,2-4,12-15,17-18H2,1H3/t21-,24-/m0/s1. The Labute approximate surface area is 195 Å². The van der Waals surface area contributed by atoms with E-state index in [9.17, 15) is 9.59 Å². The second-order valence-electron chi connectivity index (χ2n) is 8.93. The van der Waals surface area contributed by atoms with Crippen LogP contribution in [0.2, 0.25) is 5.02 Å². The zero-order valence-electron chi connectivity index (χ0n) is 18.6. The number of hydrogen-bond donors (Lipinski definition) is 0. The topological polar surface area (TPSA) is 49.9 Å². The van der Waals surface area contributed by atoms with Crippen LogP contribution in [-0.4, -0.2) is 53.9 Å². The van der Waals surface area contributed by atoms with E-state index < -0.39 is 0 Å². The highest BCUT2D eigenvalue weighted by molar-refractivity contribution is 6.30. The summed E-state index contributed by atoms with van der Waals surface area (Å²) in [5, 5.41) is 0.660. The summed E-state index contributed by atoms with van der Waals surface area (Å²) in [7, 11) is 0. The quantitative estimate of drug-likeness (QED) is 0.641. The van der Waals surface area contributed by atoms with Crippen LogP contribution in [0.25, 0.3) is 0 Å². The van der Waals surface area contributed by atoms with Gasteiger partial charge in [-0.05, 0) is 62.6 Å². The molecule has 2 aliphatic rings. The Balaban J connectivity index is 1.49. The van der Waals surface area contributed by atoms with E-state index in [4.69, 9.17) is 16.3 Å². The van der Waals surface area contributed by atoms with Crippen molar-refractivity contribution in [2.75, 3.05) is 26.2 Å². The summed E-state index contributed by atoms with van der Waals surface area (Å²) >= 11 is 6.01. The summed E-state index contributed by atoms with van der Waals surface area (Å²) in [5.41, 5.74) is 1.76. The van der Waals surface area contributed by atoms with Gasteiger partial charge in [0.25, 0.3) is 5.91 Å². The van der Waals surface area contributed by atoms with Crippen LogP contribution in [0.5, 0.6) is 5.75 Å². The number of rotatable bonds is 5. The number of carbonyl (C=O) groups excluding carboxylic acids is 2. The van der Waals surface area contributed by atoms with Gasteiger partial charge in [-0.2, -0.15) is 0 Å². The Hall–Kier alpha value is -2.53. The van der Waals surface area contributed by atoms with Crippen LogP contribution in [0.3, 0.4) is 0 Å². The predicted octanol–water partition coefficient (Wildman–Crippen LogP) is 4.96. The highest BCUT2D eigenvalue weighted by Crippen LogP contribution is 2.28. The molecule has 0 saturated carbocycles. The van der Waals surface area contributed by atoms with Crippen LogP contribution < -0.4 is 4.74 Å². The van der Waals surface area contributed by atoms with Gasteiger partial charge in [-0.15, -0.1) is 0 Å². The Morgan fingerprint density at radius 2 is 1.75 bits per heavy atom. The van der Waals surface area contributed by atoms with Crippen molar-refractivity contribution in [1.82, 2.24) is 9.80 Å². The molecule has 0 radical (unpaired) electrons. The molecule has 2 aromatic rings. The molecule has 32 heavy (non-hydrogen) atoms. The first-order chi connectivity index (χ1) is 15.5. The normalized spacial score (nSPS) is 21.3. The minimum absolute atomic E-state index is 0.0223. The van der Waals surface area contributed by atoms with E-state index in [-0.39, 0.29) is 23.8 Å². The summed E-state index contributed by atoms with van der Waals surface area (Å²) < 4.78 is 6.30.